The lowest BCUT2D eigenvalue weighted by molar-refractivity contribution is -0.127. The summed E-state index contributed by atoms with van der Waals surface area (Å²) < 4.78 is 10.8. The van der Waals surface area contributed by atoms with Gasteiger partial charge in [-0.05, 0) is 86.0 Å². The quantitative estimate of drug-likeness (QED) is 0.531. The molecule has 35 heavy (non-hydrogen) atoms. The molecule has 6 rings (SSSR count). The molecule has 0 spiro atoms. The number of ether oxygens (including phenoxy) is 2. The summed E-state index contributed by atoms with van der Waals surface area (Å²) in [6.07, 6.45) is 10.5. The monoisotopic (exact) mass is 471 g/mol. The number of aromatic amines is 1. The molecule has 6 nitrogen and oxygen atoms in total. The SMILES string of the molecule is O=C(/C=C/c1ccc2c(c1)OCO2)N1CCC[C@@H](CN2CCC(c3c[nH]c4ccccc34)CC2)C1. The fourth-order valence-electron chi connectivity index (χ4n) is 5.93. The minimum Gasteiger partial charge on any atom is -0.454 e. The smallest absolute Gasteiger partial charge is 0.246 e. The minimum absolute atomic E-state index is 0.102. The van der Waals surface area contributed by atoms with Gasteiger partial charge < -0.3 is 24.3 Å². The molecule has 3 aromatic rings. The van der Waals surface area contributed by atoms with Gasteiger partial charge in [0.25, 0.3) is 0 Å². The van der Waals surface area contributed by atoms with Crippen LogP contribution in [0.15, 0.2) is 54.7 Å². The molecule has 2 saturated heterocycles. The summed E-state index contributed by atoms with van der Waals surface area (Å²) in [6, 6.07) is 14.4. The standard InChI is InChI=1S/C29H33N3O3/c33-29(10-8-21-7-9-27-28(16-21)35-20-34-27)32-13-3-4-22(19-32)18-31-14-11-23(12-15-31)25-17-30-26-6-2-1-5-24(25)26/h1-2,5-10,16-17,22-23,30H,3-4,11-15,18-20H2/b10-8+/t22-/m0/s1. The molecule has 0 saturated carbocycles. The number of fused-ring (bicyclic) bond motifs is 2. The summed E-state index contributed by atoms with van der Waals surface area (Å²) in [4.78, 5) is 21.0. The van der Waals surface area contributed by atoms with Crippen LogP contribution in [0.3, 0.4) is 0 Å². The van der Waals surface area contributed by atoms with E-state index in [1.165, 1.54) is 35.7 Å². The predicted octanol–water partition coefficient (Wildman–Crippen LogP) is 5.03. The Morgan fingerprint density at radius 1 is 1.03 bits per heavy atom. The van der Waals surface area contributed by atoms with Crippen molar-refractivity contribution in [1.82, 2.24) is 14.8 Å². The zero-order valence-electron chi connectivity index (χ0n) is 20.1. The third-order valence-electron chi connectivity index (χ3n) is 7.81. The number of para-hydroxylation sites is 1. The minimum atomic E-state index is 0.102. The average molecular weight is 472 g/mol. The first-order valence-corrected chi connectivity index (χ1v) is 12.9. The molecule has 2 fully saturated rings. The van der Waals surface area contributed by atoms with Crippen LogP contribution in [0, 0.1) is 5.92 Å². The number of likely N-dealkylation sites (tertiary alicyclic amines) is 2. The molecule has 182 valence electrons. The summed E-state index contributed by atoms with van der Waals surface area (Å²) in [5.74, 6) is 2.79. The third kappa shape index (κ3) is 4.80. The lowest BCUT2D eigenvalue weighted by Crippen LogP contribution is -2.44. The summed E-state index contributed by atoms with van der Waals surface area (Å²) in [7, 11) is 0. The van der Waals surface area contributed by atoms with Gasteiger partial charge >= 0.3 is 0 Å². The van der Waals surface area contributed by atoms with E-state index in [1.54, 1.807) is 6.08 Å². The van der Waals surface area contributed by atoms with E-state index in [1.807, 2.05) is 29.2 Å². The van der Waals surface area contributed by atoms with Crippen LogP contribution >= 0.6 is 0 Å². The van der Waals surface area contributed by atoms with Crippen molar-refractivity contribution in [3.63, 3.8) is 0 Å². The second-order valence-electron chi connectivity index (χ2n) is 10.1. The zero-order chi connectivity index (χ0) is 23.6. The zero-order valence-corrected chi connectivity index (χ0v) is 20.1. The third-order valence-corrected chi connectivity index (χ3v) is 7.81. The van der Waals surface area contributed by atoms with Gasteiger partial charge in [-0.1, -0.05) is 24.3 Å². The van der Waals surface area contributed by atoms with E-state index >= 15 is 0 Å². The number of nitrogens with zero attached hydrogens (tertiary/aromatic N) is 2. The number of nitrogens with one attached hydrogen (secondary N) is 1. The molecule has 1 aromatic heterocycles. The second-order valence-corrected chi connectivity index (χ2v) is 10.1. The highest BCUT2D eigenvalue weighted by atomic mass is 16.7. The highest BCUT2D eigenvalue weighted by molar-refractivity contribution is 5.92. The van der Waals surface area contributed by atoms with E-state index in [-0.39, 0.29) is 12.7 Å². The van der Waals surface area contributed by atoms with Gasteiger partial charge in [0.2, 0.25) is 12.7 Å². The molecule has 2 aromatic carbocycles. The van der Waals surface area contributed by atoms with E-state index < -0.39 is 0 Å². The van der Waals surface area contributed by atoms with Gasteiger partial charge in [0.15, 0.2) is 11.5 Å². The van der Waals surface area contributed by atoms with Crippen LogP contribution in [0.5, 0.6) is 11.5 Å². The molecule has 3 aliphatic rings. The lowest BCUT2D eigenvalue weighted by Gasteiger charge is -2.38. The van der Waals surface area contributed by atoms with Crippen molar-refractivity contribution < 1.29 is 14.3 Å². The maximum absolute atomic E-state index is 12.9. The van der Waals surface area contributed by atoms with Crippen LogP contribution in [0.4, 0.5) is 0 Å². The van der Waals surface area contributed by atoms with Crippen LogP contribution < -0.4 is 9.47 Å². The van der Waals surface area contributed by atoms with Crippen LogP contribution in [0.1, 0.15) is 42.7 Å². The first-order chi connectivity index (χ1) is 17.2. The Hall–Kier alpha value is -3.25. The van der Waals surface area contributed by atoms with E-state index in [4.69, 9.17) is 9.47 Å². The van der Waals surface area contributed by atoms with Gasteiger partial charge in [0, 0.05) is 42.8 Å². The van der Waals surface area contributed by atoms with Crippen LogP contribution in [-0.2, 0) is 4.79 Å². The van der Waals surface area contributed by atoms with Crippen molar-refractivity contribution in [2.75, 3.05) is 39.5 Å². The molecular weight excluding hydrogens is 438 g/mol. The van der Waals surface area contributed by atoms with Gasteiger partial charge in [0.1, 0.15) is 0 Å². The first kappa shape index (κ1) is 22.2. The number of benzene rings is 2. The van der Waals surface area contributed by atoms with Crippen LogP contribution in [0.25, 0.3) is 17.0 Å². The van der Waals surface area contributed by atoms with Crippen molar-refractivity contribution in [2.45, 2.75) is 31.6 Å². The summed E-state index contributed by atoms with van der Waals surface area (Å²) in [5.41, 5.74) is 3.67. The molecule has 6 heteroatoms. The normalized spacial score (nSPS) is 21.3. The topological polar surface area (TPSA) is 57.8 Å². The predicted molar refractivity (Wildman–Crippen MR) is 138 cm³/mol. The Bertz CT molecular complexity index is 1220. The molecule has 0 unspecified atom stereocenters. The molecular formula is C29H33N3O3. The molecule has 1 N–H and O–H groups in total. The number of H-pyrrole nitrogens is 1. The number of amides is 1. The van der Waals surface area contributed by atoms with Crippen LogP contribution in [-0.4, -0.2) is 60.2 Å². The molecule has 1 atom stereocenters. The number of rotatable bonds is 5. The van der Waals surface area contributed by atoms with Gasteiger partial charge in [-0.3, -0.25) is 4.79 Å². The number of aromatic nitrogens is 1. The van der Waals surface area contributed by atoms with Gasteiger partial charge in [-0.25, -0.2) is 0 Å². The summed E-state index contributed by atoms with van der Waals surface area (Å²) >= 11 is 0. The Labute approximate surface area is 206 Å². The molecule has 0 radical (unpaired) electrons. The van der Waals surface area contributed by atoms with E-state index in [0.717, 1.165) is 56.2 Å². The molecule has 0 bridgehead atoms. The first-order valence-electron chi connectivity index (χ1n) is 12.9. The summed E-state index contributed by atoms with van der Waals surface area (Å²) in [5, 5.41) is 1.38. The maximum atomic E-state index is 12.9. The van der Waals surface area contributed by atoms with Crippen molar-refractivity contribution in [3.8, 4) is 11.5 Å². The highest BCUT2D eigenvalue weighted by Gasteiger charge is 2.27. The second kappa shape index (κ2) is 9.78. The largest absolute Gasteiger partial charge is 0.454 e. The molecule has 1 amide bonds. The number of hydrogen-bond donors (Lipinski definition) is 1. The fourth-order valence-corrected chi connectivity index (χ4v) is 5.93. The molecule has 0 aliphatic carbocycles. The Morgan fingerprint density at radius 2 is 1.89 bits per heavy atom. The van der Waals surface area contributed by atoms with Gasteiger partial charge in [-0.15, -0.1) is 0 Å². The van der Waals surface area contributed by atoms with Crippen molar-refractivity contribution in [1.29, 1.82) is 0 Å². The van der Waals surface area contributed by atoms with E-state index in [9.17, 15) is 4.79 Å². The number of hydrogen-bond acceptors (Lipinski definition) is 4. The van der Waals surface area contributed by atoms with Gasteiger partial charge in [0.05, 0.1) is 0 Å². The van der Waals surface area contributed by atoms with E-state index in [0.29, 0.717) is 11.8 Å². The number of carbonyl (C=O) groups excluding carboxylic acids is 1. The average Bonchev–Trinajstić information content (AvgIpc) is 3.55. The molecule has 3 aliphatic heterocycles. The molecule has 4 heterocycles. The number of piperidine rings is 2. The summed E-state index contributed by atoms with van der Waals surface area (Å²) in [6.45, 7) is 5.33. The van der Waals surface area contributed by atoms with Crippen molar-refractivity contribution in [2.24, 2.45) is 5.92 Å². The van der Waals surface area contributed by atoms with Crippen molar-refractivity contribution >= 4 is 22.9 Å². The Balaban J connectivity index is 1.01. The van der Waals surface area contributed by atoms with E-state index in [2.05, 4.69) is 40.3 Å². The van der Waals surface area contributed by atoms with Crippen molar-refractivity contribution in [3.05, 3.63) is 65.9 Å². The Kier molecular flexibility index (Phi) is 6.21. The van der Waals surface area contributed by atoms with Gasteiger partial charge in [-0.2, -0.15) is 0 Å². The number of carbonyl (C=O) groups is 1. The highest BCUT2D eigenvalue weighted by Crippen LogP contribution is 2.34. The Morgan fingerprint density at radius 3 is 2.80 bits per heavy atom. The van der Waals surface area contributed by atoms with Crippen LogP contribution in [0.2, 0.25) is 0 Å². The maximum Gasteiger partial charge on any atom is 0.246 e. The lowest BCUT2D eigenvalue weighted by atomic mass is 9.88. The fraction of sp³-hybridized carbons (Fsp3) is 0.414.